The summed E-state index contributed by atoms with van der Waals surface area (Å²) >= 11 is 3.42. The Balaban J connectivity index is 2.20. The van der Waals surface area contributed by atoms with Crippen molar-refractivity contribution in [2.45, 2.75) is 44.8 Å². The topological polar surface area (TPSA) is 36.4 Å². The molecule has 0 radical (unpaired) electrons. The first-order valence-electron chi connectivity index (χ1n) is 6.12. The molecule has 1 aliphatic carbocycles. The van der Waals surface area contributed by atoms with Crippen molar-refractivity contribution in [3.63, 3.8) is 0 Å². The minimum Gasteiger partial charge on any atom is -0.391 e. The number of nitrogens with zero attached hydrogens (tertiary/aromatic N) is 2. The molecule has 0 aliphatic heterocycles. The van der Waals surface area contributed by atoms with Crippen LogP contribution in [0.15, 0.2) is 16.7 Å². The van der Waals surface area contributed by atoms with E-state index < -0.39 is 0 Å². The molecule has 0 saturated heterocycles. The maximum Gasteiger partial charge on any atom is 0.131 e. The summed E-state index contributed by atoms with van der Waals surface area (Å²) in [7, 11) is 2.03. The van der Waals surface area contributed by atoms with E-state index in [-0.39, 0.29) is 12.1 Å². The molecule has 1 heterocycles. The third-order valence-corrected chi connectivity index (χ3v) is 3.98. The Labute approximate surface area is 111 Å². The summed E-state index contributed by atoms with van der Waals surface area (Å²) in [5, 5.41) is 10.1. The number of aliphatic hydroxyl groups excluding tert-OH is 1. The summed E-state index contributed by atoms with van der Waals surface area (Å²) in [6.45, 7) is 2.05. The lowest BCUT2D eigenvalue weighted by atomic mass is 9.91. The van der Waals surface area contributed by atoms with Crippen molar-refractivity contribution in [2.24, 2.45) is 0 Å². The molecule has 1 N–H and O–H groups in total. The van der Waals surface area contributed by atoms with Crippen LogP contribution < -0.4 is 4.90 Å². The first-order chi connectivity index (χ1) is 8.09. The summed E-state index contributed by atoms with van der Waals surface area (Å²) in [5.41, 5.74) is 1.14. The Bertz CT molecular complexity index is 397. The van der Waals surface area contributed by atoms with Crippen LogP contribution in [0.4, 0.5) is 5.82 Å². The SMILES string of the molecule is Cc1cc(Br)cnc1N(C)C1CCCCC1O. The van der Waals surface area contributed by atoms with Gasteiger partial charge in [-0.3, -0.25) is 0 Å². The van der Waals surface area contributed by atoms with Gasteiger partial charge in [-0.1, -0.05) is 12.8 Å². The minimum atomic E-state index is -0.224. The predicted molar refractivity (Wildman–Crippen MR) is 73.3 cm³/mol. The van der Waals surface area contributed by atoms with Gasteiger partial charge in [0.05, 0.1) is 12.1 Å². The Morgan fingerprint density at radius 3 is 2.76 bits per heavy atom. The van der Waals surface area contributed by atoms with E-state index in [4.69, 9.17) is 0 Å². The van der Waals surface area contributed by atoms with Gasteiger partial charge in [-0.05, 0) is 47.3 Å². The molecule has 94 valence electrons. The van der Waals surface area contributed by atoms with E-state index in [2.05, 4.69) is 38.8 Å². The quantitative estimate of drug-likeness (QED) is 0.912. The number of aliphatic hydroxyl groups is 1. The molecule has 2 unspecified atom stereocenters. The van der Waals surface area contributed by atoms with Gasteiger partial charge in [-0.15, -0.1) is 0 Å². The lowest BCUT2D eigenvalue weighted by Crippen LogP contribution is -2.44. The second-order valence-electron chi connectivity index (χ2n) is 4.82. The van der Waals surface area contributed by atoms with Crippen LogP contribution in [0, 0.1) is 6.92 Å². The number of rotatable bonds is 2. The van der Waals surface area contributed by atoms with Gasteiger partial charge in [0.2, 0.25) is 0 Å². The second kappa shape index (κ2) is 5.36. The third kappa shape index (κ3) is 2.80. The Kier molecular flexibility index (Phi) is 4.05. The maximum absolute atomic E-state index is 10.1. The van der Waals surface area contributed by atoms with Gasteiger partial charge in [-0.25, -0.2) is 4.98 Å². The van der Waals surface area contributed by atoms with E-state index in [9.17, 15) is 5.11 Å². The van der Waals surface area contributed by atoms with Crippen LogP contribution in [0.1, 0.15) is 31.2 Å². The number of likely N-dealkylation sites (N-methyl/N-ethyl adjacent to an activating group) is 1. The fourth-order valence-electron chi connectivity index (χ4n) is 2.60. The largest absolute Gasteiger partial charge is 0.391 e. The highest BCUT2D eigenvalue weighted by Crippen LogP contribution is 2.28. The van der Waals surface area contributed by atoms with Crippen LogP contribution in [0.5, 0.6) is 0 Å². The number of hydrogen-bond acceptors (Lipinski definition) is 3. The molecule has 1 aliphatic rings. The third-order valence-electron chi connectivity index (χ3n) is 3.54. The van der Waals surface area contributed by atoms with E-state index in [1.54, 1.807) is 0 Å². The highest BCUT2D eigenvalue weighted by Gasteiger charge is 2.27. The van der Waals surface area contributed by atoms with Crippen molar-refractivity contribution in [3.05, 3.63) is 22.3 Å². The molecule has 17 heavy (non-hydrogen) atoms. The van der Waals surface area contributed by atoms with Gasteiger partial charge in [0.25, 0.3) is 0 Å². The summed E-state index contributed by atoms with van der Waals surface area (Å²) in [6, 6.07) is 2.27. The smallest absolute Gasteiger partial charge is 0.131 e. The number of aryl methyl sites for hydroxylation is 1. The fourth-order valence-corrected chi connectivity index (χ4v) is 3.05. The number of pyridine rings is 1. The summed E-state index contributed by atoms with van der Waals surface area (Å²) in [5.74, 6) is 0.971. The summed E-state index contributed by atoms with van der Waals surface area (Å²) in [6.07, 6.45) is 5.88. The van der Waals surface area contributed by atoms with Gasteiger partial charge < -0.3 is 10.0 Å². The van der Waals surface area contributed by atoms with Crippen LogP contribution in [0.25, 0.3) is 0 Å². The first-order valence-corrected chi connectivity index (χ1v) is 6.92. The van der Waals surface area contributed by atoms with Gasteiger partial charge >= 0.3 is 0 Å². The highest BCUT2D eigenvalue weighted by molar-refractivity contribution is 9.10. The average Bonchev–Trinajstić information content (AvgIpc) is 2.29. The van der Waals surface area contributed by atoms with E-state index >= 15 is 0 Å². The standard InChI is InChI=1S/C13H19BrN2O/c1-9-7-10(14)8-15-13(9)16(2)11-5-3-4-6-12(11)17/h7-8,11-12,17H,3-6H2,1-2H3. The molecular formula is C13H19BrN2O. The van der Waals surface area contributed by atoms with Crippen LogP contribution in [0.3, 0.4) is 0 Å². The van der Waals surface area contributed by atoms with E-state index in [1.165, 1.54) is 6.42 Å². The van der Waals surface area contributed by atoms with Gasteiger partial charge in [-0.2, -0.15) is 0 Å². The molecule has 3 nitrogen and oxygen atoms in total. The zero-order valence-electron chi connectivity index (χ0n) is 10.4. The molecule has 4 heteroatoms. The summed E-state index contributed by atoms with van der Waals surface area (Å²) < 4.78 is 0.997. The lowest BCUT2D eigenvalue weighted by molar-refractivity contribution is 0.106. The molecule has 2 rings (SSSR count). The molecule has 0 amide bonds. The number of hydrogen-bond donors (Lipinski definition) is 1. The molecule has 0 aromatic carbocycles. The van der Waals surface area contributed by atoms with Crippen LogP contribution in [-0.4, -0.2) is 29.3 Å². The monoisotopic (exact) mass is 298 g/mol. The normalized spacial score (nSPS) is 24.7. The van der Waals surface area contributed by atoms with Crippen molar-refractivity contribution in [3.8, 4) is 0 Å². The van der Waals surface area contributed by atoms with Gasteiger partial charge in [0.1, 0.15) is 5.82 Å². The van der Waals surface area contributed by atoms with Gasteiger partial charge in [0.15, 0.2) is 0 Å². The number of anilines is 1. The van der Waals surface area contributed by atoms with Crippen LogP contribution >= 0.6 is 15.9 Å². The molecule has 2 atom stereocenters. The molecule has 1 fully saturated rings. The van der Waals surface area contributed by atoms with E-state index in [0.29, 0.717) is 0 Å². The number of halogens is 1. The Morgan fingerprint density at radius 1 is 1.41 bits per heavy atom. The minimum absolute atomic E-state index is 0.205. The Morgan fingerprint density at radius 2 is 2.12 bits per heavy atom. The van der Waals surface area contributed by atoms with E-state index in [1.807, 2.05) is 13.2 Å². The molecule has 1 saturated carbocycles. The van der Waals surface area contributed by atoms with Crippen molar-refractivity contribution in [1.82, 2.24) is 4.98 Å². The van der Waals surface area contributed by atoms with Crippen molar-refractivity contribution < 1.29 is 5.11 Å². The Hall–Kier alpha value is -0.610. The predicted octanol–water partition coefficient (Wildman–Crippen LogP) is 2.89. The van der Waals surface area contributed by atoms with Gasteiger partial charge in [0, 0.05) is 17.7 Å². The van der Waals surface area contributed by atoms with Crippen molar-refractivity contribution in [1.29, 1.82) is 0 Å². The zero-order valence-corrected chi connectivity index (χ0v) is 11.9. The lowest BCUT2D eigenvalue weighted by Gasteiger charge is -2.36. The molecule has 0 bridgehead atoms. The molecule has 0 spiro atoms. The first kappa shape index (κ1) is 12.8. The zero-order chi connectivity index (χ0) is 12.4. The molecule has 1 aromatic rings. The fraction of sp³-hybridized carbons (Fsp3) is 0.615. The average molecular weight is 299 g/mol. The van der Waals surface area contributed by atoms with Crippen molar-refractivity contribution in [2.75, 3.05) is 11.9 Å². The molecule has 1 aromatic heterocycles. The van der Waals surface area contributed by atoms with Crippen LogP contribution in [0.2, 0.25) is 0 Å². The van der Waals surface area contributed by atoms with Crippen molar-refractivity contribution >= 4 is 21.7 Å². The maximum atomic E-state index is 10.1. The second-order valence-corrected chi connectivity index (χ2v) is 5.74. The highest BCUT2D eigenvalue weighted by atomic mass is 79.9. The molecular weight excluding hydrogens is 280 g/mol. The van der Waals surface area contributed by atoms with Crippen LogP contribution in [-0.2, 0) is 0 Å². The van der Waals surface area contributed by atoms with E-state index in [0.717, 1.165) is 35.1 Å². The summed E-state index contributed by atoms with van der Waals surface area (Å²) in [4.78, 5) is 6.59. The number of aromatic nitrogens is 1.